The Morgan fingerprint density at radius 2 is 2.10 bits per heavy atom. The average Bonchev–Trinajstić information content (AvgIpc) is 1.98. The van der Waals surface area contributed by atoms with Crippen LogP contribution in [0, 0.1) is 0 Å². The number of ether oxygens (including phenoxy) is 2. The Balaban J connectivity index is 2.89. The van der Waals surface area contributed by atoms with Crippen LogP contribution in [0.4, 0.5) is 0 Å². The summed E-state index contributed by atoms with van der Waals surface area (Å²) in [4.78, 5) is 0. The first kappa shape index (κ1) is 9.88. The molecule has 0 aliphatic heterocycles. The largest absolute Gasteiger partial charge is 0.383 e. The molecule has 1 atom stereocenters. The first-order valence-electron chi connectivity index (χ1n) is 3.53. The SMILES string of the molecule is COCCNCC(C)OC. The predicted molar refractivity (Wildman–Crippen MR) is 41.2 cm³/mol. The zero-order chi connectivity index (χ0) is 7.82. The van der Waals surface area contributed by atoms with Gasteiger partial charge in [-0.05, 0) is 6.92 Å². The Morgan fingerprint density at radius 3 is 2.60 bits per heavy atom. The maximum atomic E-state index is 5.03. The lowest BCUT2D eigenvalue weighted by Gasteiger charge is -2.09. The van der Waals surface area contributed by atoms with Crippen LogP contribution >= 0.6 is 0 Å². The smallest absolute Gasteiger partial charge is 0.0667 e. The van der Waals surface area contributed by atoms with Gasteiger partial charge >= 0.3 is 0 Å². The maximum absolute atomic E-state index is 5.03. The fourth-order valence-corrected chi connectivity index (χ4v) is 0.563. The van der Waals surface area contributed by atoms with Crippen molar-refractivity contribution in [3.8, 4) is 0 Å². The van der Waals surface area contributed by atoms with E-state index in [2.05, 4.69) is 5.32 Å². The molecular weight excluding hydrogens is 130 g/mol. The third-order valence-electron chi connectivity index (χ3n) is 1.32. The van der Waals surface area contributed by atoms with Crippen molar-refractivity contribution in [2.75, 3.05) is 33.9 Å². The van der Waals surface area contributed by atoms with Gasteiger partial charge in [-0.25, -0.2) is 0 Å². The van der Waals surface area contributed by atoms with Gasteiger partial charge in [-0.1, -0.05) is 0 Å². The van der Waals surface area contributed by atoms with Gasteiger partial charge in [0, 0.05) is 27.3 Å². The summed E-state index contributed by atoms with van der Waals surface area (Å²) >= 11 is 0. The maximum Gasteiger partial charge on any atom is 0.0667 e. The molecule has 0 heterocycles. The van der Waals surface area contributed by atoms with Crippen LogP contribution in [0.25, 0.3) is 0 Å². The highest BCUT2D eigenvalue weighted by atomic mass is 16.5. The van der Waals surface area contributed by atoms with Crippen molar-refractivity contribution in [2.24, 2.45) is 0 Å². The van der Waals surface area contributed by atoms with Crippen LogP contribution in [-0.2, 0) is 9.47 Å². The summed E-state index contributed by atoms with van der Waals surface area (Å²) in [5, 5.41) is 3.19. The van der Waals surface area contributed by atoms with Crippen molar-refractivity contribution in [3.63, 3.8) is 0 Å². The van der Waals surface area contributed by atoms with Crippen molar-refractivity contribution in [1.82, 2.24) is 5.32 Å². The van der Waals surface area contributed by atoms with E-state index >= 15 is 0 Å². The molecule has 0 saturated carbocycles. The molecule has 0 rings (SSSR count). The molecule has 0 bridgehead atoms. The minimum absolute atomic E-state index is 0.289. The lowest BCUT2D eigenvalue weighted by molar-refractivity contribution is 0.114. The molecule has 3 nitrogen and oxygen atoms in total. The molecule has 0 fully saturated rings. The summed E-state index contributed by atoms with van der Waals surface area (Å²) in [5.41, 5.74) is 0. The lowest BCUT2D eigenvalue weighted by Crippen LogP contribution is -2.28. The first-order valence-corrected chi connectivity index (χ1v) is 3.53. The van der Waals surface area contributed by atoms with E-state index < -0.39 is 0 Å². The fraction of sp³-hybridized carbons (Fsp3) is 1.00. The van der Waals surface area contributed by atoms with Gasteiger partial charge in [0.1, 0.15) is 0 Å². The van der Waals surface area contributed by atoms with E-state index in [-0.39, 0.29) is 6.10 Å². The third-order valence-corrected chi connectivity index (χ3v) is 1.32. The second kappa shape index (κ2) is 6.99. The van der Waals surface area contributed by atoms with Gasteiger partial charge in [0.15, 0.2) is 0 Å². The Hall–Kier alpha value is -0.120. The number of nitrogens with one attached hydrogen (secondary N) is 1. The molecule has 0 aromatic rings. The summed E-state index contributed by atoms with van der Waals surface area (Å²) in [7, 11) is 3.41. The Labute approximate surface area is 62.7 Å². The van der Waals surface area contributed by atoms with Gasteiger partial charge < -0.3 is 14.8 Å². The highest BCUT2D eigenvalue weighted by molar-refractivity contribution is 4.53. The summed E-state index contributed by atoms with van der Waals surface area (Å²) in [6.07, 6.45) is 0.289. The quantitative estimate of drug-likeness (QED) is 0.547. The minimum atomic E-state index is 0.289. The third kappa shape index (κ3) is 6.01. The molecule has 0 spiro atoms. The Morgan fingerprint density at radius 1 is 1.40 bits per heavy atom. The van der Waals surface area contributed by atoms with E-state index in [0.717, 1.165) is 19.7 Å². The van der Waals surface area contributed by atoms with Crippen molar-refractivity contribution in [2.45, 2.75) is 13.0 Å². The number of rotatable bonds is 6. The summed E-state index contributed by atoms with van der Waals surface area (Å²) in [6.45, 7) is 4.57. The molecule has 3 heteroatoms. The van der Waals surface area contributed by atoms with Crippen LogP contribution in [0.2, 0.25) is 0 Å². The molecule has 0 aromatic heterocycles. The highest BCUT2D eigenvalue weighted by Crippen LogP contribution is 1.82. The molecule has 0 amide bonds. The zero-order valence-corrected chi connectivity index (χ0v) is 7.02. The van der Waals surface area contributed by atoms with Gasteiger partial charge in [0.2, 0.25) is 0 Å². The normalized spacial score (nSPS) is 13.5. The molecule has 0 radical (unpaired) electrons. The van der Waals surface area contributed by atoms with Crippen molar-refractivity contribution >= 4 is 0 Å². The van der Waals surface area contributed by atoms with E-state index in [1.54, 1.807) is 14.2 Å². The lowest BCUT2D eigenvalue weighted by atomic mass is 10.4. The molecule has 10 heavy (non-hydrogen) atoms. The second-order valence-corrected chi connectivity index (χ2v) is 2.24. The molecule has 0 aromatic carbocycles. The Bertz CT molecular complexity index is 68.6. The van der Waals surface area contributed by atoms with Crippen LogP contribution in [0.15, 0.2) is 0 Å². The molecule has 1 N–H and O–H groups in total. The Kier molecular flexibility index (Phi) is 6.91. The molecule has 0 aliphatic rings. The monoisotopic (exact) mass is 147 g/mol. The number of methoxy groups -OCH3 is 2. The van der Waals surface area contributed by atoms with Crippen LogP contribution in [0.1, 0.15) is 6.92 Å². The van der Waals surface area contributed by atoms with Crippen LogP contribution < -0.4 is 5.32 Å². The van der Waals surface area contributed by atoms with Crippen LogP contribution in [0.3, 0.4) is 0 Å². The highest BCUT2D eigenvalue weighted by Gasteiger charge is 1.95. The molecular formula is C7H17NO2. The number of hydrogen-bond donors (Lipinski definition) is 1. The zero-order valence-electron chi connectivity index (χ0n) is 7.02. The van der Waals surface area contributed by atoms with Gasteiger partial charge in [0.25, 0.3) is 0 Å². The summed E-state index contributed by atoms with van der Waals surface area (Å²) in [6, 6.07) is 0. The topological polar surface area (TPSA) is 30.5 Å². The van der Waals surface area contributed by atoms with E-state index in [0.29, 0.717) is 0 Å². The minimum Gasteiger partial charge on any atom is -0.383 e. The number of hydrogen-bond acceptors (Lipinski definition) is 3. The summed E-state index contributed by atoms with van der Waals surface area (Å²) < 4.78 is 9.88. The molecule has 1 unspecified atom stereocenters. The van der Waals surface area contributed by atoms with Gasteiger partial charge in [-0.2, -0.15) is 0 Å². The van der Waals surface area contributed by atoms with Crippen molar-refractivity contribution in [3.05, 3.63) is 0 Å². The predicted octanol–water partition coefficient (Wildman–Crippen LogP) is 0.257. The van der Waals surface area contributed by atoms with E-state index in [1.807, 2.05) is 6.92 Å². The standard InChI is InChI=1S/C7H17NO2/c1-7(10-3)6-8-4-5-9-2/h7-8H,4-6H2,1-3H3. The average molecular weight is 147 g/mol. The summed E-state index contributed by atoms with van der Waals surface area (Å²) in [5.74, 6) is 0. The van der Waals surface area contributed by atoms with Gasteiger partial charge in [-0.15, -0.1) is 0 Å². The first-order chi connectivity index (χ1) is 4.81. The van der Waals surface area contributed by atoms with E-state index in [1.165, 1.54) is 0 Å². The van der Waals surface area contributed by atoms with Crippen LogP contribution in [-0.4, -0.2) is 40.0 Å². The van der Waals surface area contributed by atoms with Crippen LogP contribution in [0.5, 0.6) is 0 Å². The van der Waals surface area contributed by atoms with Gasteiger partial charge in [0.05, 0.1) is 12.7 Å². The van der Waals surface area contributed by atoms with Gasteiger partial charge in [-0.3, -0.25) is 0 Å². The van der Waals surface area contributed by atoms with E-state index in [9.17, 15) is 0 Å². The second-order valence-electron chi connectivity index (χ2n) is 2.24. The molecule has 0 saturated heterocycles. The molecule has 62 valence electrons. The van der Waals surface area contributed by atoms with E-state index in [4.69, 9.17) is 9.47 Å². The molecule has 0 aliphatic carbocycles. The van der Waals surface area contributed by atoms with Crippen molar-refractivity contribution < 1.29 is 9.47 Å². The van der Waals surface area contributed by atoms with Crippen molar-refractivity contribution in [1.29, 1.82) is 0 Å². The fourth-order valence-electron chi connectivity index (χ4n) is 0.563.